The molecule has 0 amide bonds. The van der Waals surface area contributed by atoms with Gasteiger partial charge in [0.05, 0.1) is 0 Å². The molecule has 84 valence electrons. The molecule has 2 unspecified atom stereocenters. The highest BCUT2D eigenvalue weighted by Gasteiger charge is 2.19. The summed E-state index contributed by atoms with van der Waals surface area (Å²) in [6.07, 6.45) is 11.3. The van der Waals surface area contributed by atoms with Gasteiger partial charge in [-0.15, -0.1) is 0 Å². The largest absolute Gasteiger partial charge is 0.338 e. The molecule has 3 nitrogen and oxygen atoms in total. The van der Waals surface area contributed by atoms with Crippen LogP contribution in [0.4, 0.5) is 0 Å². The van der Waals surface area contributed by atoms with Crippen molar-refractivity contribution >= 4 is 0 Å². The maximum absolute atomic E-state index is 5.98. The van der Waals surface area contributed by atoms with Crippen molar-refractivity contribution in [1.82, 2.24) is 9.55 Å². The van der Waals surface area contributed by atoms with Crippen molar-refractivity contribution in [3.8, 4) is 0 Å². The molecule has 1 heterocycles. The smallest absolute Gasteiger partial charge is 0.108 e. The van der Waals surface area contributed by atoms with E-state index in [4.69, 9.17) is 5.73 Å². The zero-order valence-corrected chi connectivity index (χ0v) is 9.52. The first-order valence-corrected chi connectivity index (χ1v) is 5.97. The second-order valence-electron chi connectivity index (χ2n) is 4.79. The summed E-state index contributed by atoms with van der Waals surface area (Å²) in [5.74, 6) is 2.03. The predicted octanol–water partition coefficient (Wildman–Crippen LogP) is 1.87. The number of hydrogen-bond donors (Lipinski definition) is 1. The second-order valence-corrected chi connectivity index (χ2v) is 4.79. The molecule has 1 aromatic rings. The van der Waals surface area contributed by atoms with Gasteiger partial charge in [0.2, 0.25) is 0 Å². The maximum Gasteiger partial charge on any atom is 0.108 e. The van der Waals surface area contributed by atoms with E-state index in [1.54, 1.807) is 0 Å². The lowest BCUT2D eigenvalue weighted by Gasteiger charge is -2.26. The summed E-state index contributed by atoms with van der Waals surface area (Å²) in [6, 6.07) is 0.449. The zero-order valence-electron chi connectivity index (χ0n) is 9.52. The van der Waals surface area contributed by atoms with Gasteiger partial charge in [0.25, 0.3) is 0 Å². The van der Waals surface area contributed by atoms with Crippen LogP contribution in [-0.2, 0) is 13.5 Å². The minimum atomic E-state index is 0.449. The van der Waals surface area contributed by atoms with Crippen LogP contribution in [0.15, 0.2) is 12.4 Å². The van der Waals surface area contributed by atoms with Gasteiger partial charge >= 0.3 is 0 Å². The molecule has 2 atom stereocenters. The van der Waals surface area contributed by atoms with Crippen molar-refractivity contribution in [2.45, 2.75) is 44.6 Å². The first-order valence-electron chi connectivity index (χ1n) is 5.97. The van der Waals surface area contributed by atoms with Crippen LogP contribution in [0.5, 0.6) is 0 Å². The summed E-state index contributed by atoms with van der Waals surface area (Å²) in [5, 5.41) is 0. The summed E-state index contributed by atoms with van der Waals surface area (Å²) >= 11 is 0. The molecular formula is C12H21N3. The van der Waals surface area contributed by atoms with Crippen LogP contribution in [0.25, 0.3) is 0 Å². The van der Waals surface area contributed by atoms with Gasteiger partial charge in [-0.05, 0) is 25.2 Å². The number of aryl methyl sites for hydroxylation is 2. The molecule has 0 aliphatic heterocycles. The van der Waals surface area contributed by atoms with E-state index in [9.17, 15) is 0 Å². The molecule has 1 aliphatic rings. The molecule has 2 rings (SSSR count). The van der Waals surface area contributed by atoms with Crippen molar-refractivity contribution in [3.05, 3.63) is 18.2 Å². The fourth-order valence-corrected chi connectivity index (χ4v) is 2.57. The van der Waals surface area contributed by atoms with Gasteiger partial charge in [-0.3, -0.25) is 0 Å². The average molecular weight is 207 g/mol. The standard InChI is InChI=1S/C12H21N3/c1-15-8-7-14-12(15)6-5-10-3-2-4-11(13)9-10/h7-8,10-11H,2-6,9,13H2,1H3. The molecule has 15 heavy (non-hydrogen) atoms. The molecule has 1 aliphatic carbocycles. The van der Waals surface area contributed by atoms with Crippen molar-refractivity contribution in [2.75, 3.05) is 0 Å². The number of nitrogens with zero attached hydrogens (tertiary/aromatic N) is 2. The Labute approximate surface area is 91.7 Å². The summed E-state index contributed by atoms with van der Waals surface area (Å²) in [4.78, 5) is 4.35. The Bertz CT molecular complexity index is 306. The topological polar surface area (TPSA) is 43.8 Å². The van der Waals surface area contributed by atoms with E-state index in [1.165, 1.54) is 37.9 Å². The Morgan fingerprint density at radius 3 is 3.07 bits per heavy atom. The van der Waals surface area contributed by atoms with Gasteiger partial charge in [-0.2, -0.15) is 0 Å². The third-order valence-corrected chi connectivity index (χ3v) is 3.52. The molecule has 0 spiro atoms. The first kappa shape index (κ1) is 10.7. The van der Waals surface area contributed by atoms with Crippen LogP contribution >= 0.6 is 0 Å². The Kier molecular flexibility index (Phi) is 3.41. The molecule has 1 fully saturated rings. The van der Waals surface area contributed by atoms with Gasteiger partial charge in [0.1, 0.15) is 5.82 Å². The number of aromatic nitrogens is 2. The lowest BCUT2D eigenvalue weighted by atomic mass is 9.83. The SMILES string of the molecule is Cn1ccnc1CCC1CCCC(N)C1. The van der Waals surface area contributed by atoms with E-state index >= 15 is 0 Å². The van der Waals surface area contributed by atoms with E-state index in [2.05, 4.69) is 16.6 Å². The fourth-order valence-electron chi connectivity index (χ4n) is 2.57. The van der Waals surface area contributed by atoms with Crippen LogP contribution in [0.3, 0.4) is 0 Å². The van der Waals surface area contributed by atoms with Crippen molar-refractivity contribution in [2.24, 2.45) is 18.7 Å². The Morgan fingerprint density at radius 2 is 2.40 bits per heavy atom. The molecular weight excluding hydrogens is 186 g/mol. The van der Waals surface area contributed by atoms with Crippen LogP contribution in [0, 0.1) is 5.92 Å². The molecule has 3 heteroatoms. The Hall–Kier alpha value is -0.830. The number of rotatable bonds is 3. The molecule has 1 saturated carbocycles. The van der Waals surface area contributed by atoms with E-state index < -0.39 is 0 Å². The summed E-state index contributed by atoms with van der Waals surface area (Å²) < 4.78 is 2.11. The average Bonchev–Trinajstić information content (AvgIpc) is 2.61. The van der Waals surface area contributed by atoms with E-state index in [1.807, 2.05) is 12.4 Å². The molecule has 1 aromatic heterocycles. The summed E-state index contributed by atoms with van der Waals surface area (Å²) in [7, 11) is 2.06. The van der Waals surface area contributed by atoms with Gasteiger partial charge in [0.15, 0.2) is 0 Å². The lowest BCUT2D eigenvalue weighted by molar-refractivity contribution is 0.305. The van der Waals surface area contributed by atoms with Crippen LogP contribution < -0.4 is 5.73 Å². The van der Waals surface area contributed by atoms with Gasteiger partial charge in [-0.25, -0.2) is 4.98 Å². The zero-order chi connectivity index (χ0) is 10.7. The molecule has 0 saturated heterocycles. The van der Waals surface area contributed by atoms with E-state index in [0.717, 1.165) is 12.3 Å². The Balaban J connectivity index is 1.80. The van der Waals surface area contributed by atoms with Crippen LogP contribution in [0.2, 0.25) is 0 Å². The van der Waals surface area contributed by atoms with Crippen molar-refractivity contribution < 1.29 is 0 Å². The van der Waals surface area contributed by atoms with E-state index in [-0.39, 0.29) is 0 Å². The monoisotopic (exact) mass is 207 g/mol. The van der Waals surface area contributed by atoms with Crippen LogP contribution in [-0.4, -0.2) is 15.6 Å². The van der Waals surface area contributed by atoms with Gasteiger partial charge < -0.3 is 10.3 Å². The minimum absolute atomic E-state index is 0.449. The maximum atomic E-state index is 5.98. The normalized spacial score (nSPS) is 26.8. The molecule has 0 bridgehead atoms. The minimum Gasteiger partial charge on any atom is -0.338 e. The second kappa shape index (κ2) is 4.79. The van der Waals surface area contributed by atoms with Crippen LogP contribution in [0.1, 0.15) is 37.9 Å². The summed E-state index contributed by atoms with van der Waals surface area (Å²) in [6.45, 7) is 0. The quantitative estimate of drug-likeness (QED) is 0.822. The molecule has 0 aromatic carbocycles. The molecule has 2 N–H and O–H groups in total. The fraction of sp³-hybridized carbons (Fsp3) is 0.750. The highest BCUT2D eigenvalue weighted by atomic mass is 15.0. The highest BCUT2D eigenvalue weighted by molar-refractivity contribution is 4.92. The van der Waals surface area contributed by atoms with Crippen molar-refractivity contribution in [3.63, 3.8) is 0 Å². The lowest BCUT2D eigenvalue weighted by Crippen LogP contribution is -2.28. The summed E-state index contributed by atoms with van der Waals surface area (Å²) in [5.41, 5.74) is 5.98. The van der Waals surface area contributed by atoms with Crippen molar-refractivity contribution in [1.29, 1.82) is 0 Å². The van der Waals surface area contributed by atoms with E-state index in [0.29, 0.717) is 6.04 Å². The third-order valence-electron chi connectivity index (χ3n) is 3.52. The highest BCUT2D eigenvalue weighted by Crippen LogP contribution is 2.26. The Morgan fingerprint density at radius 1 is 1.53 bits per heavy atom. The first-order chi connectivity index (χ1) is 7.25. The van der Waals surface area contributed by atoms with Gasteiger partial charge in [-0.1, -0.05) is 12.8 Å². The van der Waals surface area contributed by atoms with Gasteiger partial charge in [0, 0.05) is 31.9 Å². The predicted molar refractivity (Wildman–Crippen MR) is 61.5 cm³/mol. The third kappa shape index (κ3) is 2.81. The number of nitrogens with two attached hydrogens (primary N) is 1. The number of imidazole rings is 1. The number of hydrogen-bond acceptors (Lipinski definition) is 2. The molecule has 0 radical (unpaired) electrons.